The van der Waals surface area contributed by atoms with E-state index in [0.717, 1.165) is 5.56 Å². The Morgan fingerprint density at radius 1 is 1.12 bits per heavy atom. The van der Waals surface area contributed by atoms with Gasteiger partial charge in [-0.1, -0.05) is 29.3 Å². The number of aromatic amines is 1. The molecule has 0 unspecified atom stereocenters. The zero-order valence-electron chi connectivity index (χ0n) is 13.3. The maximum Gasteiger partial charge on any atom is 0.272 e. The molecule has 0 aliphatic rings. The van der Waals surface area contributed by atoms with Crippen molar-refractivity contribution in [2.45, 2.75) is 6.54 Å². The lowest BCUT2D eigenvalue weighted by Crippen LogP contribution is -2.23. The third-order valence-electron chi connectivity index (χ3n) is 3.41. The number of rotatable bonds is 5. The van der Waals surface area contributed by atoms with E-state index in [0.29, 0.717) is 11.6 Å². The van der Waals surface area contributed by atoms with Crippen molar-refractivity contribution in [3.8, 4) is 0 Å². The van der Waals surface area contributed by atoms with Gasteiger partial charge in [-0.25, -0.2) is 0 Å². The van der Waals surface area contributed by atoms with Crippen molar-refractivity contribution in [3.05, 3.63) is 75.7 Å². The van der Waals surface area contributed by atoms with Crippen molar-refractivity contribution in [2.24, 2.45) is 0 Å². The van der Waals surface area contributed by atoms with Gasteiger partial charge in [-0.3, -0.25) is 19.7 Å². The van der Waals surface area contributed by atoms with Gasteiger partial charge in [0.2, 0.25) is 0 Å². The standard InChI is InChI=1S/C17H13Cl2N5O2/c18-11-3-4-12(13(19)6-11)16(25)22-15-7-14(23-24-15)17(26)21-9-10-2-1-5-20-8-10/h1-8H,9H2,(H,21,26)(H2,22,23,24,25). The van der Waals surface area contributed by atoms with Gasteiger partial charge >= 0.3 is 0 Å². The van der Waals surface area contributed by atoms with E-state index in [4.69, 9.17) is 23.2 Å². The van der Waals surface area contributed by atoms with Crippen LogP contribution in [0.25, 0.3) is 0 Å². The highest BCUT2D eigenvalue weighted by Gasteiger charge is 2.14. The summed E-state index contributed by atoms with van der Waals surface area (Å²) in [6, 6.07) is 9.61. The number of pyridine rings is 1. The summed E-state index contributed by atoms with van der Waals surface area (Å²) in [7, 11) is 0. The maximum absolute atomic E-state index is 12.2. The molecule has 132 valence electrons. The van der Waals surface area contributed by atoms with Crippen LogP contribution in [0.15, 0.2) is 48.8 Å². The molecule has 0 aliphatic carbocycles. The van der Waals surface area contributed by atoms with Crippen LogP contribution in [0.5, 0.6) is 0 Å². The maximum atomic E-state index is 12.2. The molecule has 0 spiro atoms. The van der Waals surface area contributed by atoms with E-state index in [1.54, 1.807) is 24.5 Å². The van der Waals surface area contributed by atoms with Crippen molar-refractivity contribution in [2.75, 3.05) is 5.32 Å². The Hall–Kier alpha value is -2.90. The van der Waals surface area contributed by atoms with Crippen LogP contribution in [0, 0.1) is 0 Å². The van der Waals surface area contributed by atoms with Gasteiger partial charge in [0.1, 0.15) is 5.82 Å². The van der Waals surface area contributed by atoms with Gasteiger partial charge in [-0.2, -0.15) is 5.10 Å². The van der Waals surface area contributed by atoms with Crippen molar-refractivity contribution < 1.29 is 9.59 Å². The van der Waals surface area contributed by atoms with Crippen LogP contribution in [0.4, 0.5) is 5.82 Å². The fourth-order valence-electron chi connectivity index (χ4n) is 2.14. The molecule has 3 aromatic rings. The molecule has 0 saturated carbocycles. The van der Waals surface area contributed by atoms with E-state index in [1.807, 2.05) is 6.07 Å². The minimum Gasteiger partial charge on any atom is -0.347 e. The number of carbonyl (C=O) groups excluding carboxylic acids is 2. The van der Waals surface area contributed by atoms with E-state index in [1.165, 1.54) is 18.2 Å². The molecular formula is C17H13Cl2N5O2. The van der Waals surface area contributed by atoms with Crippen LogP contribution in [0.3, 0.4) is 0 Å². The molecule has 0 saturated heterocycles. The lowest BCUT2D eigenvalue weighted by molar-refractivity contribution is 0.0945. The number of nitrogens with zero attached hydrogens (tertiary/aromatic N) is 2. The van der Waals surface area contributed by atoms with Gasteiger partial charge in [-0.05, 0) is 29.8 Å². The summed E-state index contributed by atoms with van der Waals surface area (Å²) in [6.07, 6.45) is 3.31. The van der Waals surface area contributed by atoms with Crippen molar-refractivity contribution in [1.29, 1.82) is 0 Å². The van der Waals surface area contributed by atoms with Crippen LogP contribution in [0.2, 0.25) is 10.0 Å². The number of H-pyrrole nitrogens is 1. The van der Waals surface area contributed by atoms with E-state index in [2.05, 4.69) is 25.8 Å². The zero-order valence-corrected chi connectivity index (χ0v) is 14.8. The Morgan fingerprint density at radius 2 is 1.96 bits per heavy atom. The van der Waals surface area contributed by atoms with Crippen LogP contribution in [0.1, 0.15) is 26.4 Å². The summed E-state index contributed by atoms with van der Waals surface area (Å²) in [5.41, 5.74) is 1.27. The minimum absolute atomic E-state index is 0.145. The highest BCUT2D eigenvalue weighted by Crippen LogP contribution is 2.21. The molecule has 0 radical (unpaired) electrons. The van der Waals surface area contributed by atoms with Gasteiger partial charge in [0, 0.05) is 30.0 Å². The van der Waals surface area contributed by atoms with Crippen LogP contribution < -0.4 is 10.6 Å². The molecule has 3 N–H and O–H groups in total. The Balaban J connectivity index is 1.62. The summed E-state index contributed by atoms with van der Waals surface area (Å²) in [6.45, 7) is 0.321. The second-order valence-corrected chi connectivity index (χ2v) is 6.13. The van der Waals surface area contributed by atoms with Crippen LogP contribution in [-0.4, -0.2) is 27.0 Å². The van der Waals surface area contributed by atoms with E-state index in [9.17, 15) is 9.59 Å². The average molecular weight is 390 g/mol. The number of anilines is 1. The van der Waals surface area contributed by atoms with Gasteiger partial charge < -0.3 is 10.6 Å². The number of nitrogens with one attached hydrogen (secondary N) is 3. The molecule has 1 aromatic carbocycles. The largest absolute Gasteiger partial charge is 0.347 e. The Labute approximate surface area is 158 Å². The second-order valence-electron chi connectivity index (χ2n) is 5.29. The van der Waals surface area contributed by atoms with Gasteiger partial charge in [0.25, 0.3) is 11.8 Å². The summed E-state index contributed by atoms with van der Waals surface area (Å²) < 4.78 is 0. The summed E-state index contributed by atoms with van der Waals surface area (Å²) in [5, 5.41) is 12.5. The first kappa shape index (κ1) is 17.9. The highest BCUT2D eigenvalue weighted by molar-refractivity contribution is 6.37. The molecular weight excluding hydrogens is 377 g/mol. The number of carbonyl (C=O) groups is 2. The Kier molecular flexibility index (Phi) is 5.50. The quantitative estimate of drug-likeness (QED) is 0.623. The first-order valence-electron chi connectivity index (χ1n) is 7.52. The highest BCUT2D eigenvalue weighted by atomic mass is 35.5. The number of hydrogen-bond acceptors (Lipinski definition) is 4. The van der Waals surface area contributed by atoms with Crippen molar-refractivity contribution in [3.63, 3.8) is 0 Å². The fourth-order valence-corrected chi connectivity index (χ4v) is 2.64. The second kappa shape index (κ2) is 7.99. The zero-order chi connectivity index (χ0) is 18.5. The molecule has 7 nitrogen and oxygen atoms in total. The SMILES string of the molecule is O=C(NCc1cccnc1)c1cc(NC(=O)c2ccc(Cl)cc2Cl)[nH]n1. The average Bonchev–Trinajstić information content (AvgIpc) is 3.09. The lowest BCUT2D eigenvalue weighted by Gasteiger charge is -2.04. The minimum atomic E-state index is -0.447. The molecule has 0 fully saturated rings. The summed E-state index contributed by atoms with van der Waals surface area (Å²) >= 11 is 11.8. The lowest BCUT2D eigenvalue weighted by atomic mass is 10.2. The number of halogens is 2. The molecule has 9 heteroatoms. The summed E-state index contributed by atoms with van der Waals surface area (Å²) in [5.74, 6) is -0.555. The molecule has 2 amide bonds. The molecule has 0 aliphatic heterocycles. The van der Waals surface area contributed by atoms with Crippen LogP contribution in [-0.2, 0) is 6.54 Å². The third-order valence-corrected chi connectivity index (χ3v) is 3.96. The Bertz CT molecular complexity index is 943. The monoisotopic (exact) mass is 389 g/mol. The molecule has 26 heavy (non-hydrogen) atoms. The van der Waals surface area contributed by atoms with Gasteiger partial charge in [0.15, 0.2) is 5.69 Å². The third kappa shape index (κ3) is 4.38. The molecule has 0 atom stereocenters. The molecule has 0 bridgehead atoms. The first-order valence-corrected chi connectivity index (χ1v) is 8.27. The molecule has 2 aromatic heterocycles. The predicted octanol–water partition coefficient (Wildman–Crippen LogP) is 3.29. The van der Waals surface area contributed by atoms with Gasteiger partial charge in [0.05, 0.1) is 10.6 Å². The van der Waals surface area contributed by atoms with Gasteiger partial charge in [-0.15, -0.1) is 0 Å². The van der Waals surface area contributed by atoms with E-state index in [-0.39, 0.29) is 28.0 Å². The fraction of sp³-hybridized carbons (Fsp3) is 0.0588. The normalized spacial score (nSPS) is 10.4. The number of hydrogen-bond donors (Lipinski definition) is 3. The number of amides is 2. The smallest absolute Gasteiger partial charge is 0.272 e. The number of aromatic nitrogens is 3. The van der Waals surface area contributed by atoms with Crippen molar-refractivity contribution >= 4 is 40.8 Å². The molecule has 3 rings (SSSR count). The topological polar surface area (TPSA) is 99.8 Å². The molecule has 2 heterocycles. The predicted molar refractivity (Wildman–Crippen MR) is 98.4 cm³/mol. The van der Waals surface area contributed by atoms with E-state index < -0.39 is 5.91 Å². The van der Waals surface area contributed by atoms with Crippen LogP contribution >= 0.6 is 23.2 Å². The van der Waals surface area contributed by atoms with Crippen molar-refractivity contribution in [1.82, 2.24) is 20.5 Å². The summed E-state index contributed by atoms with van der Waals surface area (Å²) in [4.78, 5) is 28.3. The Morgan fingerprint density at radius 3 is 2.69 bits per heavy atom. The number of benzene rings is 1. The first-order chi connectivity index (χ1) is 12.5. The van der Waals surface area contributed by atoms with E-state index >= 15 is 0 Å².